The quantitative estimate of drug-likeness (QED) is 0.282. The Hall–Kier alpha value is -0.120. The van der Waals surface area contributed by atoms with E-state index in [1.54, 1.807) is 0 Å². The number of ether oxygens (including phenoxy) is 3. The predicted octanol–water partition coefficient (Wildman–Crippen LogP) is 5.76. The third kappa shape index (κ3) is 21.9. The van der Waals surface area contributed by atoms with Gasteiger partial charge in [0.2, 0.25) is 0 Å². The van der Waals surface area contributed by atoms with Gasteiger partial charge in [-0.2, -0.15) is 0 Å². The molecule has 0 amide bonds. The zero-order valence-electron chi connectivity index (χ0n) is 16.1. The Morgan fingerprint density at radius 3 is 1.48 bits per heavy atom. The summed E-state index contributed by atoms with van der Waals surface area (Å²) < 4.78 is 16.4. The first-order chi connectivity index (χ1) is 11.3. The van der Waals surface area contributed by atoms with Gasteiger partial charge in [-0.25, -0.2) is 0 Å². The standard InChI is InChI=1S/C20H42O3/c1-4-5-6-7-8-9-10-11-12-13-14-15-21-16-17-22-18-19-23-20(2)3/h20H,4-19H2,1-3H3. The molecule has 0 heterocycles. The van der Waals surface area contributed by atoms with Crippen LogP contribution in [0, 0.1) is 0 Å². The predicted molar refractivity (Wildman–Crippen MR) is 99.2 cm³/mol. The minimum absolute atomic E-state index is 0.288. The molecule has 0 aromatic heterocycles. The summed E-state index contributed by atoms with van der Waals surface area (Å²) in [5.41, 5.74) is 0. The normalized spacial score (nSPS) is 11.5. The minimum Gasteiger partial charge on any atom is -0.379 e. The van der Waals surface area contributed by atoms with Crippen molar-refractivity contribution >= 4 is 0 Å². The van der Waals surface area contributed by atoms with E-state index in [1.165, 1.54) is 70.6 Å². The number of hydrogen-bond acceptors (Lipinski definition) is 3. The van der Waals surface area contributed by atoms with Crippen molar-refractivity contribution in [2.24, 2.45) is 0 Å². The Morgan fingerprint density at radius 1 is 0.522 bits per heavy atom. The topological polar surface area (TPSA) is 27.7 Å². The van der Waals surface area contributed by atoms with Crippen LogP contribution in [0.15, 0.2) is 0 Å². The second-order valence-electron chi connectivity index (χ2n) is 6.68. The molecule has 0 aliphatic rings. The average Bonchev–Trinajstić information content (AvgIpc) is 2.53. The SMILES string of the molecule is CCCCCCCCCCCCCOCCOCCOC(C)C. The van der Waals surface area contributed by atoms with E-state index in [4.69, 9.17) is 14.2 Å². The van der Waals surface area contributed by atoms with Gasteiger partial charge >= 0.3 is 0 Å². The lowest BCUT2D eigenvalue weighted by molar-refractivity contribution is -0.00185. The highest BCUT2D eigenvalue weighted by Crippen LogP contribution is 2.11. The summed E-state index contributed by atoms with van der Waals surface area (Å²) in [4.78, 5) is 0. The van der Waals surface area contributed by atoms with Crippen LogP contribution in [-0.4, -0.2) is 39.1 Å². The Labute approximate surface area is 145 Å². The Balaban J connectivity index is 2.95. The van der Waals surface area contributed by atoms with Crippen molar-refractivity contribution < 1.29 is 14.2 Å². The van der Waals surface area contributed by atoms with E-state index >= 15 is 0 Å². The lowest BCUT2D eigenvalue weighted by atomic mass is 10.1. The first kappa shape index (κ1) is 22.9. The zero-order valence-corrected chi connectivity index (χ0v) is 16.1. The minimum atomic E-state index is 0.288. The van der Waals surface area contributed by atoms with Gasteiger partial charge in [-0.1, -0.05) is 71.1 Å². The molecule has 3 heteroatoms. The summed E-state index contributed by atoms with van der Waals surface area (Å²) in [6, 6.07) is 0. The van der Waals surface area contributed by atoms with Crippen molar-refractivity contribution in [1.82, 2.24) is 0 Å². The first-order valence-corrected chi connectivity index (χ1v) is 10.0. The molecule has 0 aliphatic heterocycles. The van der Waals surface area contributed by atoms with Crippen molar-refractivity contribution in [2.75, 3.05) is 33.0 Å². The molecule has 0 bridgehead atoms. The fraction of sp³-hybridized carbons (Fsp3) is 1.00. The van der Waals surface area contributed by atoms with E-state index < -0.39 is 0 Å². The molecule has 0 saturated carbocycles. The molecule has 0 aromatic rings. The molecular formula is C20H42O3. The van der Waals surface area contributed by atoms with E-state index in [-0.39, 0.29) is 6.10 Å². The third-order valence-electron chi connectivity index (χ3n) is 3.94. The van der Waals surface area contributed by atoms with E-state index in [9.17, 15) is 0 Å². The lowest BCUT2D eigenvalue weighted by Crippen LogP contribution is -2.12. The smallest absolute Gasteiger partial charge is 0.0703 e. The van der Waals surface area contributed by atoms with Gasteiger partial charge in [-0.05, 0) is 20.3 Å². The molecule has 0 N–H and O–H groups in total. The van der Waals surface area contributed by atoms with Crippen LogP contribution in [0.4, 0.5) is 0 Å². The second kappa shape index (κ2) is 19.9. The van der Waals surface area contributed by atoms with Crippen molar-refractivity contribution in [3.63, 3.8) is 0 Å². The number of rotatable bonds is 19. The van der Waals surface area contributed by atoms with Crippen LogP contribution in [0.1, 0.15) is 91.4 Å². The summed E-state index contributed by atoms with van der Waals surface area (Å²) in [5.74, 6) is 0. The Bertz CT molecular complexity index is 207. The molecule has 0 fully saturated rings. The van der Waals surface area contributed by atoms with Gasteiger partial charge in [0.25, 0.3) is 0 Å². The summed E-state index contributed by atoms with van der Waals surface area (Å²) >= 11 is 0. The molecular weight excluding hydrogens is 288 g/mol. The lowest BCUT2D eigenvalue weighted by Gasteiger charge is -2.08. The van der Waals surface area contributed by atoms with Crippen molar-refractivity contribution in [1.29, 1.82) is 0 Å². The van der Waals surface area contributed by atoms with Gasteiger partial charge in [-0.3, -0.25) is 0 Å². The van der Waals surface area contributed by atoms with Crippen LogP contribution in [0.2, 0.25) is 0 Å². The molecule has 3 nitrogen and oxygen atoms in total. The first-order valence-electron chi connectivity index (χ1n) is 10.0. The molecule has 0 rings (SSSR count). The van der Waals surface area contributed by atoms with Crippen molar-refractivity contribution in [3.05, 3.63) is 0 Å². The summed E-state index contributed by atoms with van der Waals surface area (Å²) in [7, 11) is 0. The average molecular weight is 331 g/mol. The molecule has 0 atom stereocenters. The highest BCUT2D eigenvalue weighted by molar-refractivity contribution is 4.48. The fourth-order valence-electron chi connectivity index (χ4n) is 2.53. The number of hydrogen-bond donors (Lipinski definition) is 0. The molecule has 23 heavy (non-hydrogen) atoms. The second-order valence-corrected chi connectivity index (χ2v) is 6.68. The van der Waals surface area contributed by atoms with Gasteiger partial charge in [0.05, 0.1) is 32.5 Å². The monoisotopic (exact) mass is 330 g/mol. The van der Waals surface area contributed by atoms with Gasteiger partial charge in [0.1, 0.15) is 0 Å². The van der Waals surface area contributed by atoms with Crippen LogP contribution in [0.25, 0.3) is 0 Å². The Morgan fingerprint density at radius 2 is 0.957 bits per heavy atom. The van der Waals surface area contributed by atoms with Crippen molar-refractivity contribution in [3.8, 4) is 0 Å². The molecule has 0 aromatic carbocycles. The van der Waals surface area contributed by atoms with Crippen LogP contribution in [0.5, 0.6) is 0 Å². The summed E-state index contributed by atoms with van der Waals surface area (Å²) in [5, 5.41) is 0. The zero-order chi connectivity index (χ0) is 17.0. The highest BCUT2D eigenvalue weighted by Gasteiger charge is 1.95. The molecule has 0 spiro atoms. The molecule has 0 unspecified atom stereocenters. The molecule has 140 valence electrons. The van der Waals surface area contributed by atoms with E-state index in [0.29, 0.717) is 26.4 Å². The highest BCUT2D eigenvalue weighted by atomic mass is 16.5. The number of unbranched alkanes of at least 4 members (excludes halogenated alkanes) is 10. The van der Waals surface area contributed by atoms with Gasteiger partial charge in [-0.15, -0.1) is 0 Å². The van der Waals surface area contributed by atoms with Crippen LogP contribution in [-0.2, 0) is 14.2 Å². The Kier molecular flexibility index (Phi) is 19.8. The van der Waals surface area contributed by atoms with E-state index in [1.807, 2.05) is 13.8 Å². The van der Waals surface area contributed by atoms with E-state index in [2.05, 4.69) is 6.92 Å². The maximum absolute atomic E-state index is 5.58. The molecule has 0 aliphatic carbocycles. The maximum atomic E-state index is 5.58. The maximum Gasteiger partial charge on any atom is 0.0703 e. The third-order valence-corrected chi connectivity index (χ3v) is 3.94. The van der Waals surface area contributed by atoms with Gasteiger partial charge in [0.15, 0.2) is 0 Å². The van der Waals surface area contributed by atoms with Crippen molar-refractivity contribution in [2.45, 2.75) is 97.5 Å². The van der Waals surface area contributed by atoms with Crippen LogP contribution in [0.3, 0.4) is 0 Å². The molecule has 0 radical (unpaired) electrons. The molecule has 0 saturated heterocycles. The van der Waals surface area contributed by atoms with E-state index in [0.717, 1.165) is 6.61 Å². The fourth-order valence-corrected chi connectivity index (χ4v) is 2.53. The van der Waals surface area contributed by atoms with Crippen LogP contribution >= 0.6 is 0 Å². The largest absolute Gasteiger partial charge is 0.379 e. The summed E-state index contributed by atoms with van der Waals surface area (Å²) in [6.07, 6.45) is 15.5. The summed E-state index contributed by atoms with van der Waals surface area (Å²) in [6.45, 7) is 9.96. The van der Waals surface area contributed by atoms with Gasteiger partial charge < -0.3 is 14.2 Å². The van der Waals surface area contributed by atoms with Crippen LogP contribution < -0.4 is 0 Å². The van der Waals surface area contributed by atoms with Gasteiger partial charge in [0, 0.05) is 6.61 Å².